The quantitative estimate of drug-likeness (QED) is 0.513. The number of methoxy groups -OCH3 is 2. The van der Waals surface area contributed by atoms with Crippen LogP contribution in [0.3, 0.4) is 0 Å². The van der Waals surface area contributed by atoms with Crippen molar-refractivity contribution in [2.75, 3.05) is 27.4 Å². The van der Waals surface area contributed by atoms with Crippen molar-refractivity contribution in [3.8, 4) is 11.5 Å². The fourth-order valence-electron chi connectivity index (χ4n) is 2.40. The maximum absolute atomic E-state index is 11.8. The SMILES string of the molecule is COc1ccc(/C=C/C(=O)OCC(=O)NCCc2cccc(Cl)c2)cc1OC. The number of carbonyl (C=O) groups excluding carboxylic acids is 2. The second-order valence-electron chi connectivity index (χ2n) is 5.79. The molecule has 0 heterocycles. The monoisotopic (exact) mass is 403 g/mol. The average molecular weight is 404 g/mol. The van der Waals surface area contributed by atoms with E-state index in [4.69, 9.17) is 25.8 Å². The molecule has 0 aliphatic rings. The van der Waals surface area contributed by atoms with Crippen molar-refractivity contribution in [2.45, 2.75) is 6.42 Å². The Hall–Kier alpha value is -2.99. The Labute approximate surface area is 169 Å². The third kappa shape index (κ3) is 6.96. The minimum absolute atomic E-state index is 0.343. The Bertz CT molecular complexity index is 850. The zero-order valence-corrected chi connectivity index (χ0v) is 16.5. The third-order valence-corrected chi connectivity index (χ3v) is 4.02. The number of amides is 1. The third-order valence-electron chi connectivity index (χ3n) is 3.79. The summed E-state index contributed by atoms with van der Waals surface area (Å²) in [6.07, 6.45) is 3.46. The first-order chi connectivity index (χ1) is 13.5. The van der Waals surface area contributed by atoms with Gasteiger partial charge in [0, 0.05) is 17.6 Å². The number of nitrogens with one attached hydrogen (secondary N) is 1. The molecule has 6 nitrogen and oxygen atoms in total. The summed E-state index contributed by atoms with van der Waals surface area (Å²) in [5.41, 5.74) is 1.75. The lowest BCUT2D eigenvalue weighted by molar-refractivity contribution is -0.143. The van der Waals surface area contributed by atoms with E-state index in [9.17, 15) is 9.59 Å². The predicted molar refractivity (Wildman–Crippen MR) is 108 cm³/mol. The topological polar surface area (TPSA) is 73.9 Å². The summed E-state index contributed by atoms with van der Waals surface area (Å²) >= 11 is 5.91. The van der Waals surface area contributed by atoms with E-state index in [1.807, 2.05) is 18.2 Å². The van der Waals surface area contributed by atoms with Crippen LogP contribution in [0.1, 0.15) is 11.1 Å². The van der Waals surface area contributed by atoms with Crippen LogP contribution in [0.15, 0.2) is 48.5 Å². The number of hydrogen-bond donors (Lipinski definition) is 1. The maximum atomic E-state index is 11.8. The highest BCUT2D eigenvalue weighted by atomic mass is 35.5. The van der Waals surface area contributed by atoms with Crippen LogP contribution in [0, 0.1) is 0 Å². The normalized spacial score (nSPS) is 10.5. The van der Waals surface area contributed by atoms with Crippen molar-refractivity contribution >= 4 is 29.6 Å². The molecule has 1 N–H and O–H groups in total. The summed E-state index contributed by atoms with van der Waals surface area (Å²) in [7, 11) is 3.08. The van der Waals surface area contributed by atoms with Crippen LogP contribution in [0.25, 0.3) is 6.08 Å². The van der Waals surface area contributed by atoms with Crippen molar-refractivity contribution in [3.63, 3.8) is 0 Å². The molecule has 2 aromatic carbocycles. The highest BCUT2D eigenvalue weighted by Crippen LogP contribution is 2.27. The van der Waals surface area contributed by atoms with E-state index in [0.717, 1.165) is 11.1 Å². The maximum Gasteiger partial charge on any atom is 0.331 e. The summed E-state index contributed by atoms with van der Waals surface area (Å²) in [6.45, 7) is 0.0862. The number of rotatable bonds is 9. The molecule has 0 aliphatic carbocycles. The molecule has 28 heavy (non-hydrogen) atoms. The number of benzene rings is 2. The van der Waals surface area contributed by atoms with Gasteiger partial charge in [0.2, 0.25) is 0 Å². The van der Waals surface area contributed by atoms with Gasteiger partial charge in [-0.25, -0.2) is 4.79 Å². The van der Waals surface area contributed by atoms with Crippen LogP contribution in [-0.2, 0) is 20.7 Å². The molecule has 0 fully saturated rings. The first kappa shape index (κ1) is 21.3. The van der Waals surface area contributed by atoms with Crippen LogP contribution in [0.2, 0.25) is 5.02 Å². The Morgan fingerprint density at radius 1 is 1.07 bits per heavy atom. The smallest absolute Gasteiger partial charge is 0.331 e. The van der Waals surface area contributed by atoms with Gasteiger partial charge in [-0.1, -0.05) is 29.8 Å². The number of esters is 1. The predicted octanol–water partition coefficient (Wildman–Crippen LogP) is 3.27. The largest absolute Gasteiger partial charge is 0.493 e. The van der Waals surface area contributed by atoms with E-state index in [0.29, 0.717) is 29.5 Å². The molecule has 2 rings (SSSR count). The second-order valence-corrected chi connectivity index (χ2v) is 6.22. The summed E-state index contributed by atoms with van der Waals surface area (Å²) < 4.78 is 15.3. The second kappa shape index (κ2) is 11.0. The highest BCUT2D eigenvalue weighted by molar-refractivity contribution is 6.30. The molecule has 0 saturated carbocycles. The lowest BCUT2D eigenvalue weighted by Crippen LogP contribution is -2.30. The van der Waals surface area contributed by atoms with Gasteiger partial charge in [0.15, 0.2) is 18.1 Å². The molecular formula is C21H22ClNO5. The minimum Gasteiger partial charge on any atom is -0.493 e. The van der Waals surface area contributed by atoms with Gasteiger partial charge in [0.25, 0.3) is 5.91 Å². The fourth-order valence-corrected chi connectivity index (χ4v) is 2.61. The van der Waals surface area contributed by atoms with E-state index in [1.165, 1.54) is 13.2 Å². The summed E-state index contributed by atoms with van der Waals surface area (Å²) in [6, 6.07) is 12.6. The van der Waals surface area contributed by atoms with Crippen LogP contribution in [0.4, 0.5) is 0 Å². The van der Waals surface area contributed by atoms with Gasteiger partial charge in [-0.2, -0.15) is 0 Å². The minimum atomic E-state index is -0.611. The molecule has 0 spiro atoms. The molecule has 0 bridgehead atoms. The lowest BCUT2D eigenvalue weighted by Gasteiger charge is -2.07. The first-order valence-electron chi connectivity index (χ1n) is 8.60. The lowest BCUT2D eigenvalue weighted by atomic mass is 10.1. The molecule has 0 saturated heterocycles. The van der Waals surface area contributed by atoms with E-state index in [1.54, 1.807) is 37.5 Å². The van der Waals surface area contributed by atoms with Crippen LogP contribution < -0.4 is 14.8 Å². The molecule has 2 aromatic rings. The summed E-state index contributed by atoms with van der Waals surface area (Å²) in [4.78, 5) is 23.5. The molecular weight excluding hydrogens is 382 g/mol. The average Bonchev–Trinajstić information content (AvgIpc) is 2.70. The van der Waals surface area contributed by atoms with Crippen LogP contribution in [0.5, 0.6) is 11.5 Å². The van der Waals surface area contributed by atoms with Crippen LogP contribution in [-0.4, -0.2) is 39.2 Å². The Morgan fingerprint density at radius 2 is 1.86 bits per heavy atom. The first-order valence-corrected chi connectivity index (χ1v) is 8.97. The molecule has 7 heteroatoms. The van der Waals surface area contributed by atoms with Crippen molar-refractivity contribution in [2.24, 2.45) is 0 Å². The van der Waals surface area contributed by atoms with Gasteiger partial charge < -0.3 is 19.5 Å². The van der Waals surface area contributed by atoms with E-state index in [-0.39, 0.29) is 12.5 Å². The van der Waals surface area contributed by atoms with Crippen molar-refractivity contribution in [3.05, 3.63) is 64.7 Å². The number of hydrogen-bond acceptors (Lipinski definition) is 5. The Balaban J connectivity index is 1.74. The van der Waals surface area contributed by atoms with Crippen molar-refractivity contribution in [1.29, 1.82) is 0 Å². The molecule has 0 atom stereocenters. The molecule has 1 amide bonds. The Morgan fingerprint density at radius 3 is 2.57 bits per heavy atom. The number of ether oxygens (including phenoxy) is 3. The molecule has 0 radical (unpaired) electrons. The number of carbonyl (C=O) groups is 2. The van der Waals surface area contributed by atoms with Gasteiger partial charge in [-0.15, -0.1) is 0 Å². The molecule has 0 aromatic heterocycles. The molecule has 148 valence electrons. The highest BCUT2D eigenvalue weighted by Gasteiger charge is 2.06. The van der Waals surface area contributed by atoms with Gasteiger partial charge in [-0.05, 0) is 47.9 Å². The molecule has 0 aliphatic heterocycles. The summed E-state index contributed by atoms with van der Waals surface area (Å²) in [5.74, 6) is 0.170. The Kier molecular flexibility index (Phi) is 8.37. The van der Waals surface area contributed by atoms with Gasteiger partial charge in [0.1, 0.15) is 0 Å². The van der Waals surface area contributed by atoms with Gasteiger partial charge in [0.05, 0.1) is 14.2 Å². The van der Waals surface area contributed by atoms with Gasteiger partial charge >= 0.3 is 5.97 Å². The zero-order chi connectivity index (χ0) is 20.4. The molecule has 0 unspecified atom stereocenters. The van der Waals surface area contributed by atoms with Crippen LogP contribution >= 0.6 is 11.6 Å². The number of halogens is 1. The summed E-state index contributed by atoms with van der Waals surface area (Å²) in [5, 5.41) is 3.35. The van der Waals surface area contributed by atoms with Gasteiger partial charge in [-0.3, -0.25) is 4.79 Å². The zero-order valence-electron chi connectivity index (χ0n) is 15.7. The van der Waals surface area contributed by atoms with E-state index in [2.05, 4.69) is 5.32 Å². The van der Waals surface area contributed by atoms with Crippen molar-refractivity contribution in [1.82, 2.24) is 5.32 Å². The van der Waals surface area contributed by atoms with E-state index >= 15 is 0 Å². The van der Waals surface area contributed by atoms with Crippen molar-refractivity contribution < 1.29 is 23.8 Å². The fraction of sp³-hybridized carbons (Fsp3) is 0.238. The van der Waals surface area contributed by atoms with E-state index < -0.39 is 5.97 Å². The standard InChI is InChI=1S/C21H22ClNO5/c1-26-18-8-6-16(13-19(18)27-2)7-9-21(25)28-14-20(24)23-11-10-15-4-3-5-17(22)12-15/h3-9,12-13H,10-11,14H2,1-2H3,(H,23,24)/b9-7+.